The van der Waals surface area contributed by atoms with Crippen molar-refractivity contribution in [1.82, 2.24) is 5.32 Å². The van der Waals surface area contributed by atoms with Gasteiger partial charge in [0.15, 0.2) is 0 Å². The third-order valence-electron chi connectivity index (χ3n) is 2.66. The van der Waals surface area contributed by atoms with Gasteiger partial charge in [-0.05, 0) is 34.3 Å². The number of aliphatic hydroxyl groups is 1. The van der Waals surface area contributed by atoms with Crippen LogP contribution in [-0.2, 0) is 0 Å². The molecule has 0 radical (unpaired) electrons. The van der Waals surface area contributed by atoms with E-state index in [0.717, 1.165) is 0 Å². The first kappa shape index (κ1) is 16.6. The van der Waals surface area contributed by atoms with Crippen molar-refractivity contribution in [3.8, 4) is 0 Å². The van der Waals surface area contributed by atoms with Gasteiger partial charge in [0.1, 0.15) is 4.47 Å². The molecule has 110 valence electrons. The van der Waals surface area contributed by atoms with E-state index in [1.165, 1.54) is 18.2 Å². The molecule has 0 saturated heterocycles. The smallest absolute Gasteiger partial charge is 0.284 e. The lowest BCUT2D eigenvalue weighted by Gasteiger charge is -2.14. The molecular weight excluding hydrogens is 328 g/mol. The SMILES string of the molecule is CC(C)CC(O)CNC(=O)c1cccc([N+](=O)[O-])c1Br. The van der Waals surface area contributed by atoms with Gasteiger partial charge in [-0.25, -0.2) is 0 Å². The normalized spacial score (nSPS) is 12.2. The molecule has 0 fully saturated rings. The second-order valence-electron chi connectivity index (χ2n) is 4.89. The monoisotopic (exact) mass is 344 g/mol. The average molecular weight is 345 g/mol. The van der Waals surface area contributed by atoms with Crippen LogP contribution in [0.25, 0.3) is 0 Å². The van der Waals surface area contributed by atoms with E-state index in [9.17, 15) is 20.0 Å². The van der Waals surface area contributed by atoms with Crippen LogP contribution in [0.3, 0.4) is 0 Å². The molecule has 0 spiro atoms. The molecular formula is C13H17BrN2O4. The number of hydrogen-bond donors (Lipinski definition) is 2. The molecule has 7 heteroatoms. The van der Waals surface area contributed by atoms with Gasteiger partial charge in [0.2, 0.25) is 0 Å². The predicted molar refractivity (Wildman–Crippen MR) is 78.6 cm³/mol. The largest absolute Gasteiger partial charge is 0.391 e. The predicted octanol–water partition coefficient (Wildman–Crippen LogP) is 2.49. The number of nitro benzene ring substituents is 1. The van der Waals surface area contributed by atoms with E-state index in [0.29, 0.717) is 12.3 Å². The Morgan fingerprint density at radius 1 is 1.50 bits per heavy atom. The zero-order valence-electron chi connectivity index (χ0n) is 11.3. The number of benzene rings is 1. The topological polar surface area (TPSA) is 92.5 Å². The summed E-state index contributed by atoms with van der Waals surface area (Å²) in [7, 11) is 0. The first-order valence-electron chi connectivity index (χ1n) is 6.22. The Bertz CT molecular complexity index is 505. The van der Waals surface area contributed by atoms with Gasteiger partial charge in [0, 0.05) is 12.6 Å². The Morgan fingerprint density at radius 3 is 2.70 bits per heavy atom. The molecule has 1 atom stereocenters. The van der Waals surface area contributed by atoms with Crippen molar-refractivity contribution in [2.24, 2.45) is 5.92 Å². The summed E-state index contributed by atoms with van der Waals surface area (Å²) in [6, 6.07) is 4.25. The molecule has 0 heterocycles. The highest BCUT2D eigenvalue weighted by atomic mass is 79.9. The van der Waals surface area contributed by atoms with Crippen LogP contribution in [0.5, 0.6) is 0 Å². The molecule has 2 N–H and O–H groups in total. The minimum atomic E-state index is -0.628. The van der Waals surface area contributed by atoms with Gasteiger partial charge in [0.25, 0.3) is 11.6 Å². The van der Waals surface area contributed by atoms with Gasteiger partial charge in [0.05, 0.1) is 16.6 Å². The minimum Gasteiger partial charge on any atom is -0.391 e. The van der Waals surface area contributed by atoms with E-state index in [4.69, 9.17) is 0 Å². The first-order chi connectivity index (χ1) is 9.32. The van der Waals surface area contributed by atoms with Crippen molar-refractivity contribution in [1.29, 1.82) is 0 Å². The summed E-state index contributed by atoms with van der Waals surface area (Å²) < 4.78 is 0.140. The molecule has 0 bridgehead atoms. The van der Waals surface area contributed by atoms with E-state index < -0.39 is 16.9 Å². The number of carbonyl (C=O) groups excluding carboxylic acids is 1. The second-order valence-corrected chi connectivity index (χ2v) is 5.68. The molecule has 0 aromatic heterocycles. The maximum atomic E-state index is 12.0. The Morgan fingerprint density at radius 2 is 2.15 bits per heavy atom. The number of carbonyl (C=O) groups is 1. The summed E-state index contributed by atoms with van der Waals surface area (Å²) in [5.41, 5.74) is 0.0105. The Balaban J connectivity index is 2.74. The van der Waals surface area contributed by atoms with Gasteiger partial charge in [-0.15, -0.1) is 0 Å². The molecule has 0 aliphatic rings. The zero-order valence-corrected chi connectivity index (χ0v) is 12.9. The van der Waals surface area contributed by atoms with Crippen molar-refractivity contribution in [3.63, 3.8) is 0 Å². The van der Waals surface area contributed by atoms with E-state index in [1.807, 2.05) is 13.8 Å². The summed E-state index contributed by atoms with van der Waals surface area (Å²) in [5, 5.41) is 23.1. The summed E-state index contributed by atoms with van der Waals surface area (Å²) in [4.78, 5) is 22.2. The molecule has 0 aliphatic heterocycles. The lowest BCUT2D eigenvalue weighted by atomic mass is 10.1. The van der Waals surface area contributed by atoms with Crippen molar-refractivity contribution in [2.75, 3.05) is 6.54 Å². The van der Waals surface area contributed by atoms with Crippen molar-refractivity contribution in [3.05, 3.63) is 38.3 Å². The summed E-state index contributed by atoms with van der Waals surface area (Å²) in [6.07, 6.45) is -0.0486. The molecule has 0 aliphatic carbocycles. The Hall–Kier alpha value is -1.47. The van der Waals surface area contributed by atoms with E-state index >= 15 is 0 Å². The highest BCUT2D eigenvalue weighted by molar-refractivity contribution is 9.10. The number of aliphatic hydroxyl groups excluding tert-OH is 1. The lowest BCUT2D eigenvalue weighted by molar-refractivity contribution is -0.385. The summed E-state index contributed by atoms with van der Waals surface area (Å²) >= 11 is 3.06. The number of rotatable bonds is 6. The van der Waals surface area contributed by atoms with E-state index in [2.05, 4.69) is 21.2 Å². The van der Waals surface area contributed by atoms with Crippen LogP contribution in [0.15, 0.2) is 22.7 Å². The third-order valence-corrected chi connectivity index (χ3v) is 3.49. The fourth-order valence-electron chi connectivity index (χ4n) is 1.77. The minimum absolute atomic E-state index is 0.117. The Kier molecular flexibility index (Phi) is 6.09. The standard InChI is InChI=1S/C13H17BrN2O4/c1-8(2)6-9(17)7-15-13(18)10-4-3-5-11(12(10)14)16(19)20/h3-5,8-9,17H,6-7H2,1-2H3,(H,15,18). The molecule has 0 saturated carbocycles. The van der Waals surface area contributed by atoms with Crippen LogP contribution < -0.4 is 5.32 Å². The first-order valence-corrected chi connectivity index (χ1v) is 7.01. The van der Waals surface area contributed by atoms with Gasteiger partial charge in [-0.2, -0.15) is 0 Å². The van der Waals surface area contributed by atoms with Crippen LogP contribution in [0, 0.1) is 16.0 Å². The quantitative estimate of drug-likeness (QED) is 0.612. The summed E-state index contributed by atoms with van der Waals surface area (Å²) in [5.74, 6) is -0.130. The van der Waals surface area contributed by atoms with Crippen LogP contribution in [0.4, 0.5) is 5.69 Å². The van der Waals surface area contributed by atoms with Crippen molar-refractivity contribution in [2.45, 2.75) is 26.4 Å². The Labute approximate surface area is 125 Å². The molecule has 1 amide bonds. The fourth-order valence-corrected chi connectivity index (χ4v) is 2.36. The maximum absolute atomic E-state index is 12.0. The summed E-state index contributed by atoms with van der Waals surface area (Å²) in [6.45, 7) is 4.07. The second kappa shape index (κ2) is 7.35. The highest BCUT2D eigenvalue weighted by Crippen LogP contribution is 2.28. The average Bonchev–Trinajstić information content (AvgIpc) is 2.35. The van der Waals surface area contributed by atoms with Gasteiger partial charge in [-0.3, -0.25) is 14.9 Å². The van der Waals surface area contributed by atoms with Crippen molar-refractivity contribution < 1.29 is 14.8 Å². The number of hydrogen-bond acceptors (Lipinski definition) is 4. The molecule has 1 unspecified atom stereocenters. The molecule has 20 heavy (non-hydrogen) atoms. The van der Waals surface area contributed by atoms with Crippen LogP contribution in [0.2, 0.25) is 0 Å². The van der Waals surface area contributed by atoms with Gasteiger partial charge >= 0.3 is 0 Å². The van der Waals surface area contributed by atoms with Crippen molar-refractivity contribution >= 4 is 27.5 Å². The van der Waals surface area contributed by atoms with Gasteiger partial charge < -0.3 is 10.4 Å². The molecule has 1 aromatic rings. The van der Waals surface area contributed by atoms with E-state index in [1.54, 1.807) is 0 Å². The number of nitro groups is 1. The van der Waals surface area contributed by atoms with Crippen LogP contribution >= 0.6 is 15.9 Å². The lowest BCUT2D eigenvalue weighted by Crippen LogP contribution is -2.33. The molecule has 6 nitrogen and oxygen atoms in total. The third kappa shape index (κ3) is 4.57. The van der Waals surface area contributed by atoms with E-state index in [-0.39, 0.29) is 22.3 Å². The van der Waals surface area contributed by atoms with Crippen LogP contribution in [-0.4, -0.2) is 28.6 Å². The highest BCUT2D eigenvalue weighted by Gasteiger charge is 2.19. The number of amides is 1. The maximum Gasteiger partial charge on any atom is 0.284 e. The zero-order chi connectivity index (χ0) is 15.3. The molecule has 1 aromatic carbocycles. The number of nitrogens with one attached hydrogen (secondary N) is 1. The van der Waals surface area contributed by atoms with Crippen LogP contribution in [0.1, 0.15) is 30.6 Å². The number of halogens is 1. The van der Waals surface area contributed by atoms with Gasteiger partial charge in [-0.1, -0.05) is 19.9 Å². The molecule has 1 rings (SSSR count). The fraction of sp³-hybridized carbons (Fsp3) is 0.462. The number of nitrogens with zero attached hydrogens (tertiary/aromatic N) is 1.